The second-order valence-electron chi connectivity index (χ2n) is 2.76. The molecule has 0 heterocycles. The van der Waals surface area contributed by atoms with Crippen molar-refractivity contribution >= 4 is 28.5 Å². The van der Waals surface area contributed by atoms with Crippen LogP contribution in [0.1, 0.15) is 39.5 Å². The maximum absolute atomic E-state index is 8.53. The van der Waals surface area contributed by atoms with Gasteiger partial charge in [-0.1, -0.05) is 0 Å². The average molecular weight is 293 g/mol. The molecule has 0 aromatic heterocycles. The van der Waals surface area contributed by atoms with Crippen molar-refractivity contribution in [2.75, 3.05) is 0 Å². The van der Waals surface area contributed by atoms with Crippen molar-refractivity contribution < 1.29 is 15.1 Å². The second-order valence-corrected chi connectivity index (χ2v) is 7.05. The van der Waals surface area contributed by atoms with E-state index in [1.807, 2.05) is 0 Å². The first-order valence-electron chi connectivity index (χ1n) is 4.85. The Bertz CT molecular complexity index is 75.0. The maximum atomic E-state index is 8.53. The average Bonchev–Trinajstić information content (AvgIpc) is 2.03. The molecular formula is C8H19BO3Sn. The number of unbranched alkanes of at least 4 members (excludes halogenated alkanes) is 2. The molecule has 0 aliphatic rings. The first kappa shape index (κ1) is 16.2. The molecule has 13 heavy (non-hydrogen) atoms. The molecule has 3 nitrogen and oxygen atoms in total. The van der Waals surface area contributed by atoms with Crippen LogP contribution in [0.2, 0.25) is 8.87 Å². The van der Waals surface area contributed by atoms with Crippen LogP contribution >= 0.6 is 0 Å². The van der Waals surface area contributed by atoms with E-state index in [1.54, 1.807) is 8.87 Å². The summed E-state index contributed by atoms with van der Waals surface area (Å²) < 4.78 is 3.25. The van der Waals surface area contributed by atoms with E-state index in [9.17, 15) is 0 Å². The van der Waals surface area contributed by atoms with Gasteiger partial charge in [0.1, 0.15) is 0 Å². The molecule has 0 unspecified atom stereocenters. The van der Waals surface area contributed by atoms with Crippen molar-refractivity contribution in [3.63, 3.8) is 0 Å². The predicted octanol–water partition coefficient (Wildman–Crippen LogP) is -0.188. The first-order chi connectivity index (χ1) is 6.15. The Kier molecular flexibility index (Phi) is 19.0. The summed E-state index contributed by atoms with van der Waals surface area (Å²) in [6.07, 6.45) is 5.84. The van der Waals surface area contributed by atoms with Gasteiger partial charge in [-0.3, -0.25) is 0 Å². The fraction of sp³-hybridized carbons (Fsp3) is 1.00. The molecule has 0 aliphatic carbocycles. The van der Waals surface area contributed by atoms with Crippen molar-refractivity contribution in [2.24, 2.45) is 0 Å². The zero-order chi connectivity index (χ0) is 10.5. The first-order valence-corrected chi connectivity index (χ1v) is 8.89. The molecule has 0 bridgehead atoms. The summed E-state index contributed by atoms with van der Waals surface area (Å²) in [6, 6.07) is 0. The van der Waals surface area contributed by atoms with Gasteiger partial charge in [0.25, 0.3) is 0 Å². The Hall–Kier alpha value is 0.744. The van der Waals surface area contributed by atoms with Gasteiger partial charge >= 0.3 is 69.5 Å². The number of rotatable bonds is 6. The van der Waals surface area contributed by atoms with E-state index < -0.39 is 7.32 Å². The van der Waals surface area contributed by atoms with Gasteiger partial charge in [0.15, 0.2) is 0 Å². The van der Waals surface area contributed by atoms with Crippen molar-refractivity contribution in [2.45, 2.75) is 48.4 Å². The monoisotopic (exact) mass is 294 g/mol. The Morgan fingerprint density at radius 2 is 1.38 bits per heavy atom. The summed E-state index contributed by atoms with van der Waals surface area (Å²) in [7, 11) is -2.67. The fourth-order valence-electron chi connectivity index (χ4n) is 0.729. The standard InChI is InChI=1S/2C4H9.BHO3.Sn/c2*1-3-4-2;2-1(3)4;/h2*1,3-4H2,2H3;2H;/q;;-2;+2. The molecule has 0 aromatic rings. The van der Waals surface area contributed by atoms with Gasteiger partial charge in [0.2, 0.25) is 0 Å². The van der Waals surface area contributed by atoms with Crippen molar-refractivity contribution in [1.29, 1.82) is 0 Å². The molecule has 0 radical (unpaired) electrons. The van der Waals surface area contributed by atoms with Gasteiger partial charge in [0.05, 0.1) is 7.32 Å². The molecule has 0 amide bonds. The third kappa shape index (κ3) is 32.3. The van der Waals surface area contributed by atoms with E-state index in [0.717, 1.165) is 0 Å². The van der Waals surface area contributed by atoms with E-state index in [0.29, 0.717) is 0 Å². The van der Waals surface area contributed by atoms with E-state index in [4.69, 9.17) is 15.1 Å². The van der Waals surface area contributed by atoms with E-state index in [-0.39, 0.29) is 21.1 Å². The molecule has 5 heteroatoms. The van der Waals surface area contributed by atoms with Gasteiger partial charge in [-0.2, -0.15) is 0 Å². The second kappa shape index (κ2) is 15.2. The number of hydrogen-bond acceptors (Lipinski definition) is 3. The van der Waals surface area contributed by atoms with Gasteiger partial charge in [0, 0.05) is 0 Å². The minimum atomic E-state index is -2.67. The molecule has 0 saturated carbocycles. The molecule has 0 fully saturated rings. The molecule has 0 aromatic carbocycles. The minimum absolute atomic E-state index is 0.149. The van der Waals surface area contributed by atoms with E-state index in [1.165, 1.54) is 25.7 Å². The van der Waals surface area contributed by atoms with Gasteiger partial charge in [-0.25, -0.2) is 0 Å². The van der Waals surface area contributed by atoms with Gasteiger partial charge in [-0.15, -0.1) is 0 Å². The Labute approximate surface area is 92.0 Å². The van der Waals surface area contributed by atoms with Crippen molar-refractivity contribution in [1.82, 2.24) is 0 Å². The molecule has 76 valence electrons. The van der Waals surface area contributed by atoms with Crippen LogP contribution in [0.25, 0.3) is 0 Å². The third-order valence-electron chi connectivity index (χ3n) is 1.41. The SMILES string of the molecule is CCC[CH2][Sn+2][CH2]CCC.[O-]B([O-])O. The molecule has 1 N–H and O–H groups in total. The van der Waals surface area contributed by atoms with Crippen LogP contribution in [-0.2, 0) is 0 Å². The summed E-state index contributed by atoms with van der Waals surface area (Å²) in [4.78, 5) is 0. The Morgan fingerprint density at radius 1 is 1.08 bits per heavy atom. The Morgan fingerprint density at radius 3 is 1.62 bits per heavy atom. The van der Waals surface area contributed by atoms with Crippen molar-refractivity contribution in [3.05, 3.63) is 0 Å². The minimum Gasteiger partial charge on any atom is -0.871 e. The van der Waals surface area contributed by atoms with Crippen LogP contribution in [0, 0.1) is 0 Å². The summed E-state index contributed by atoms with van der Waals surface area (Å²) in [5.74, 6) is 0. The zero-order valence-corrected chi connectivity index (χ0v) is 11.4. The normalized spacial score (nSPS) is 8.38. The van der Waals surface area contributed by atoms with Crippen molar-refractivity contribution in [3.8, 4) is 0 Å². The van der Waals surface area contributed by atoms with Crippen LogP contribution in [0.15, 0.2) is 0 Å². The Balaban J connectivity index is 0. The summed E-state index contributed by atoms with van der Waals surface area (Å²) in [5, 5.41) is 24.0. The molecule has 0 spiro atoms. The van der Waals surface area contributed by atoms with Crippen LogP contribution < -0.4 is 10.0 Å². The largest absolute Gasteiger partial charge is 0.871 e. The molecule has 0 saturated heterocycles. The van der Waals surface area contributed by atoms with Crippen LogP contribution in [-0.4, -0.2) is 33.5 Å². The summed E-state index contributed by atoms with van der Waals surface area (Å²) in [5.41, 5.74) is 0. The summed E-state index contributed by atoms with van der Waals surface area (Å²) in [6.45, 7) is 4.58. The number of hydrogen-bond donors (Lipinski definition) is 1. The van der Waals surface area contributed by atoms with E-state index in [2.05, 4.69) is 13.8 Å². The quantitative estimate of drug-likeness (QED) is 0.545. The topological polar surface area (TPSA) is 66.3 Å². The fourth-order valence-corrected chi connectivity index (χ4v) is 4.89. The molecule has 0 atom stereocenters. The van der Waals surface area contributed by atoms with Crippen LogP contribution in [0.5, 0.6) is 0 Å². The van der Waals surface area contributed by atoms with Crippen LogP contribution in [0.3, 0.4) is 0 Å². The van der Waals surface area contributed by atoms with Gasteiger partial charge < -0.3 is 15.1 Å². The zero-order valence-electron chi connectivity index (χ0n) is 8.58. The van der Waals surface area contributed by atoms with Gasteiger partial charge in [-0.05, 0) is 0 Å². The van der Waals surface area contributed by atoms with Crippen LogP contribution in [0.4, 0.5) is 0 Å². The maximum Gasteiger partial charge on any atom is 0.0554 e. The third-order valence-corrected chi connectivity index (χ3v) is 5.45. The van der Waals surface area contributed by atoms with E-state index >= 15 is 0 Å². The smallest absolute Gasteiger partial charge is 0.0554 e. The predicted molar refractivity (Wildman–Crippen MR) is 53.2 cm³/mol. The molecule has 0 aliphatic heterocycles. The molecular weight excluding hydrogens is 274 g/mol. The molecule has 0 rings (SSSR count). The summed E-state index contributed by atoms with van der Waals surface area (Å²) >= 11 is 0.149.